The van der Waals surface area contributed by atoms with E-state index in [0.29, 0.717) is 11.6 Å². The van der Waals surface area contributed by atoms with E-state index in [1.807, 2.05) is 0 Å². The SMILES string of the molecule is Cn1c2ncnc-2c([O-])n(C)c1=O.Cn1c2ncnc-2c([O-])n(C)c1=O.O=C(O)c1ccccc1[O-].O=C(O)c1ccccc1[O-].[Ca+2].[Ca+2]. The Morgan fingerprint density at radius 2 is 0.875 bits per heavy atom. The summed E-state index contributed by atoms with van der Waals surface area (Å²) < 4.78 is 4.61. The van der Waals surface area contributed by atoms with Crippen LogP contribution >= 0.6 is 0 Å². The first-order valence-electron chi connectivity index (χ1n) is 12.7. The number of aromatic carboxylic acids is 2. The summed E-state index contributed by atoms with van der Waals surface area (Å²) in [6, 6.07) is 11.1. The minimum absolute atomic E-state index is 0. The van der Waals surface area contributed by atoms with Gasteiger partial charge >= 0.3 is 98.8 Å². The van der Waals surface area contributed by atoms with Crippen molar-refractivity contribution >= 4 is 87.4 Å². The van der Waals surface area contributed by atoms with Gasteiger partial charge in [-0.15, -0.1) is 0 Å². The molecule has 0 bridgehead atoms. The number of hydrogen-bond acceptors (Lipinski definition) is 12. The maximum atomic E-state index is 11.4. The Morgan fingerprint density at radius 3 is 1.15 bits per heavy atom. The van der Waals surface area contributed by atoms with Crippen molar-refractivity contribution in [1.29, 1.82) is 0 Å². The zero-order chi connectivity index (χ0) is 34.3. The molecule has 2 N–H and O–H groups in total. The van der Waals surface area contributed by atoms with E-state index in [9.17, 15) is 39.6 Å². The number of aromatic nitrogens is 8. The van der Waals surface area contributed by atoms with E-state index in [0.717, 1.165) is 9.13 Å². The van der Waals surface area contributed by atoms with E-state index in [1.54, 1.807) is 14.1 Å². The van der Waals surface area contributed by atoms with Crippen LogP contribution in [0, 0.1) is 0 Å². The molecule has 0 fully saturated rings. The van der Waals surface area contributed by atoms with E-state index in [1.165, 1.54) is 84.4 Å². The molecule has 240 valence electrons. The quantitative estimate of drug-likeness (QED) is 0.176. The number of benzene rings is 2. The molecule has 4 heterocycles. The first kappa shape index (κ1) is 41.8. The molecule has 0 aromatic heterocycles. The second kappa shape index (κ2) is 18.4. The second-order valence-electron chi connectivity index (χ2n) is 9.11. The van der Waals surface area contributed by atoms with Crippen molar-refractivity contribution in [3.05, 3.63) is 93.3 Å². The molecule has 6 rings (SSSR count). The van der Waals surface area contributed by atoms with Crippen LogP contribution in [0.3, 0.4) is 0 Å². The van der Waals surface area contributed by atoms with Crippen molar-refractivity contribution in [3.8, 4) is 46.3 Å². The molecule has 0 amide bonds. The van der Waals surface area contributed by atoms with Crippen LogP contribution in [0.1, 0.15) is 20.7 Å². The molecule has 48 heavy (non-hydrogen) atoms. The molecule has 0 unspecified atom stereocenters. The van der Waals surface area contributed by atoms with Gasteiger partial charge in [-0.3, -0.25) is 9.13 Å². The summed E-state index contributed by atoms with van der Waals surface area (Å²) in [7, 11) is 5.94. The molecule has 20 heteroatoms. The Morgan fingerprint density at radius 1 is 0.562 bits per heavy atom. The summed E-state index contributed by atoms with van der Waals surface area (Å²) in [5, 5.41) is 60.9. The van der Waals surface area contributed by atoms with Crippen molar-refractivity contribution in [1.82, 2.24) is 38.2 Å². The number of nitrogens with zero attached hydrogens (tertiary/aromatic N) is 8. The first-order chi connectivity index (χ1) is 21.7. The third-order valence-electron chi connectivity index (χ3n) is 6.19. The van der Waals surface area contributed by atoms with Gasteiger partial charge in [0.25, 0.3) is 0 Å². The van der Waals surface area contributed by atoms with Gasteiger partial charge in [-0.2, -0.15) is 0 Å². The normalized spacial score (nSPS) is 9.75. The Kier molecular flexibility index (Phi) is 16.0. The van der Waals surface area contributed by atoms with Crippen LogP contribution in [0.25, 0.3) is 23.0 Å². The van der Waals surface area contributed by atoms with Gasteiger partial charge < -0.3 is 39.8 Å². The van der Waals surface area contributed by atoms with Gasteiger partial charge in [0.15, 0.2) is 11.6 Å². The van der Waals surface area contributed by atoms with Gasteiger partial charge in [0.05, 0.1) is 11.1 Å². The van der Waals surface area contributed by atoms with E-state index in [-0.39, 0.29) is 98.0 Å². The minimum atomic E-state index is -1.18. The largest absolute Gasteiger partial charge is 2.00 e. The van der Waals surface area contributed by atoms with E-state index < -0.39 is 46.6 Å². The number of fused-ring (bicyclic) bond motifs is 2. The predicted molar refractivity (Wildman–Crippen MR) is 162 cm³/mol. The Hall–Kier alpha value is -4.20. The fraction of sp³-hybridized carbons (Fsp3) is 0.143. The fourth-order valence-corrected chi connectivity index (χ4v) is 3.72. The number of carboxylic acid groups (broad SMARTS) is 2. The van der Waals surface area contributed by atoms with Crippen LogP contribution in [0.4, 0.5) is 0 Å². The second-order valence-corrected chi connectivity index (χ2v) is 9.11. The first-order valence-corrected chi connectivity index (χ1v) is 12.7. The molecule has 2 aromatic carbocycles. The van der Waals surface area contributed by atoms with Crippen molar-refractivity contribution in [2.45, 2.75) is 0 Å². The molecule has 0 saturated carbocycles. The predicted octanol–water partition coefficient (Wildman–Crippen LogP) is -2.46. The van der Waals surface area contributed by atoms with Crippen LogP contribution in [-0.2, 0) is 28.2 Å². The van der Waals surface area contributed by atoms with Gasteiger partial charge in [0.1, 0.15) is 24.0 Å². The molecule has 0 atom stereocenters. The molecular formula is C28H24Ca2N8O10. The van der Waals surface area contributed by atoms with Gasteiger partial charge in [0.2, 0.25) is 0 Å². The minimum Gasteiger partial charge on any atom is -0.872 e. The van der Waals surface area contributed by atoms with Crippen LogP contribution < -0.4 is 31.8 Å². The summed E-state index contributed by atoms with van der Waals surface area (Å²) in [5.41, 5.74) is -0.685. The summed E-state index contributed by atoms with van der Waals surface area (Å²) >= 11 is 0. The summed E-state index contributed by atoms with van der Waals surface area (Å²) in [4.78, 5) is 58.4. The zero-order valence-corrected chi connectivity index (χ0v) is 30.3. The van der Waals surface area contributed by atoms with Gasteiger partial charge in [-0.25, -0.2) is 39.1 Å². The third-order valence-corrected chi connectivity index (χ3v) is 6.19. The molecule has 0 aliphatic carbocycles. The van der Waals surface area contributed by atoms with Crippen LogP contribution in [0.15, 0.2) is 70.8 Å². The summed E-state index contributed by atoms with van der Waals surface area (Å²) in [6.45, 7) is 0. The maximum Gasteiger partial charge on any atom is 2.00 e. The van der Waals surface area contributed by atoms with Crippen LogP contribution in [0.2, 0.25) is 0 Å². The smallest absolute Gasteiger partial charge is 0.872 e. The molecular weight excluding hydrogens is 689 g/mol. The van der Waals surface area contributed by atoms with Gasteiger partial charge in [-0.05, 0) is 23.9 Å². The molecule has 4 aliphatic heterocycles. The Bertz CT molecular complexity index is 1930. The molecule has 0 saturated heterocycles. The Balaban J connectivity index is 0.000000318. The van der Waals surface area contributed by atoms with Crippen LogP contribution in [0.5, 0.6) is 23.3 Å². The summed E-state index contributed by atoms with van der Waals surface area (Å²) in [5.74, 6) is -3.41. The molecule has 2 aromatic rings. The van der Waals surface area contributed by atoms with E-state index in [4.69, 9.17) is 10.2 Å². The van der Waals surface area contributed by atoms with Crippen molar-refractivity contribution < 1.29 is 40.2 Å². The Labute approximate surface area is 330 Å². The maximum absolute atomic E-state index is 11.4. The number of carboxylic acids is 2. The zero-order valence-electron chi connectivity index (χ0n) is 25.9. The number of rotatable bonds is 2. The molecule has 18 nitrogen and oxygen atoms in total. The number of imidazole rings is 2. The fourth-order valence-electron chi connectivity index (χ4n) is 3.72. The van der Waals surface area contributed by atoms with Crippen LogP contribution in [-0.4, -0.2) is 136 Å². The molecule has 0 spiro atoms. The standard InChI is InChI=1S/2C7H8N4O2.2C7H6O3.2Ca/c2*1-10-5-4(8-3-9-5)6(12)11(2)7(10)13;2*8-6-4-2-1-3-5(6)7(9)10;;/h2*3,12H,1-2H3;2*1-4,8H,(H,9,10);;/q;;;;2*+2/p-4. The van der Waals surface area contributed by atoms with Gasteiger partial charge in [0, 0.05) is 28.2 Å². The number of para-hydroxylation sites is 2. The van der Waals surface area contributed by atoms with Gasteiger partial charge in [-0.1, -0.05) is 47.9 Å². The topological polar surface area (TPSA) is 272 Å². The van der Waals surface area contributed by atoms with Crippen molar-refractivity contribution in [2.24, 2.45) is 28.2 Å². The average Bonchev–Trinajstić information content (AvgIpc) is 3.73. The van der Waals surface area contributed by atoms with E-state index >= 15 is 0 Å². The monoisotopic (exact) mass is 712 g/mol. The third kappa shape index (κ3) is 9.45. The average molecular weight is 713 g/mol. The van der Waals surface area contributed by atoms with Crippen molar-refractivity contribution in [3.63, 3.8) is 0 Å². The molecule has 0 radical (unpaired) electrons. The van der Waals surface area contributed by atoms with E-state index in [2.05, 4.69) is 19.9 Å². The molecule has 4 aliphatic rings. The number of hydrogen-bond donors (Lipinski definition) is 2. The summed E-state index contributed by atoms with van der Waals surface area (Å²) in [6.07, 6.45) is 2.54. The van der Waals surface area contributed by atoms with Crippen molar-refractivity contribution in [2.75, 3.05) is 0 Å². The number of carbonyl (C=O) groups is 2.